The second-order valence-electron chi connectivity index (χ2n) is 4.23. The van der Waals surface area contributed by atoms with Gasteiger partial charge in [-0.15, -0.1) is 0 Å². The van der Waals surface area contributed by atoms with Gasteiger partial charge in [-0.05, 0) is 46.7 Å². The Labute approximate surface area is 120 Å². The molecule has 0 aliphatic heterocycles. The summed E-state index contributed by atoms with van der Waals surface area (Å²) in [4.78, 5) is 23.6. The summed E-state index contributed by atoms with van der Waals surface area (Å²) >= 11 is 2.13. The molecule has 0 aromatic heterocycles. The molecule has 1 amide bonds. The number of hydrogen-bond donors (Lipinski definition) is 1. The van der Waals surface area contributed by atoms with Crippen LogP contribution in [0, 0.1) is 9.49 Å². The Morgan fingerprint density at radius 2 is 2.00 bits per heavy atom. The van der Waals surface area contributed by atoms with Crippen LogP contribution in [0.4, 0.5) is 0 Å². The first-order chi connectivity index (χ1) is 8.45. The number of halogens is 1. The molecule has 5 heteroatoms. The van der Waals surface area contributed by atoms with E-state index in [1.165, 1.54) is 7.11 Å². The number of ether oxygens (including phenoxy) is 1. The van der Waals surface area contributed by atoms with Gasteiger partial charge in [0.25, 0.3) is 5.91 Å². The molecule has 0 aliphatic carbocycles. The number of methoxy groups -OCH3 is 1. The van der Waals surface area contributed by atoms with Gasteiger partial charge in [-0.2, -0.15) is 0 Å². The van der Waals surface area contributed by atoms with Gasteiger partial charge in [0.2, 0.25) is 0 Å². The zero-order valence-electron chi connectivity index (χ0n) is 10.6. The standard InChI is InChI=1S/C13H16INO3/c1-8(2)11(13(17)18-3)15-12(16)9-5-4-6-10(14)7-9/h4-8,11H,1-3H3,(H,15,16). The fourth-order valence-corrected chi connectivity index (χ4v) is 2.02. The first-order valence-electron chi connectivity index (χ1n) is 5.60. The van der Waals surface area contributed by atoms with Gasteiger partial charge in [0.05, 0.1) is 7.11 Å². The molecular formula is C13H16INO3. The van der Waals surface area contributed by atoms with Crippen LogP contribution >= 0.6 is 22.6 Å². The van der Waals surface area contributed by atoms with Crippen molar-refractivity contribution in [2.24, 2.45) is 5.92 Å². The molecule has 1 aromatic rings. The molecule has 0 radical (unpaired) electrons. The minimum atomic E-state index is -0.625. The molecule has 0 fully saturated rings. The Morgan fingerprint density at radius 1 is 1.33 bits per heavy atom. The SMILES string of the molecule is COC(=O)C(NC(=O)c1cccc(I)c1)C(C)C. The molecule has 1 aromatic carbocycles. The van der Waals surface area contributed by atoms with Crippen LogP contribution in [0.5, 0.6) is 0 Å². The Bertz CT molecular complexity index is 446. The van der Waals surface area contributed by atoms with Gasteiger partial charge in [0.1, 0.15) is 6.04 Å². The lowest BCUT2D eigenvalue weighted by Crippen LogP contribution is -2.45. The number of esters is 1. The van der Waals surface area contributed by atoms with E-state index in [0.29, 0.717) is 5.56 Å². The summed E-state index contributed by atoms with van der Waals surface area (Å²) in [6.45, 7) is 3.72. The minimum Gasteiger partial charge on any atom is -0.467 e. The number of benzene rings is 1. The van der Waals surface area contributed by atoms with Crippen LogP contribution in [0.15, 0.2) is 24.3 Å². The second-order valence-corrected chi connectivity index (χ2v) is 5.47. The summed E-state index contributed by atoms with van der Waals surface area (Å²) in [5, 5.41) is 2.69. The molecule has 1 unspecified atom stereocenters. The highest BCUT2D eigenvalue weighted by Crippen LogP contribution is 2.10. The van der Waals surface area contributed by atoms with Crippen LogP contribution in [0.25, 0.3) is 0 Å². The van der Waals surface area contributed by atoms with E-state index in [1.54, 1.807) is 18.2 Å². The third kappa shape index (κ3) is 3.97. The van der Waals surface area contributed by atoms with E-state index in [4.69, 9.17) is 0 Å². The zero-order chi connectivity index (χ0) is 13.7. The summed E-state index contributed by atoms with van der Waals surface area (Å²) in [6.07, 6.45) is 0. The summed E-state index contributed by atoms with van der Waals surface area (Å²) in [6, 6.07) is 6.56. The monoisotopic (exact) mass is 361 g/mol. The van der Waals surface area contributed by atoms with Gasteiger partial charge in [0.15, 0.2) is 0 Å². The summed E-state index contributed by atoms with van der Waals surface area (Å²) in [7, 11) is 1.31. The number of carbonyl (C=O) groups is 2. The van der Waals surface area contributed by atoms with Crippen LogP contribution in [0.1, 0.15) is 24.2 Å². The van der Waals surface area contributed by atoms with Crippen molar-refractivity contribution in [2.75, 3.05) is 7.11 Å². The molecule has 0 heterocycles. The molecule has 0 saturated heterocycles. The maximum absolute atomic E-state index is 12.0. The molecule has 4 nitrogen and oxygen atoms in total. The molecule has 0 bridgehead atoms. The van der Waals surface area contributed by atoms with E-state index in [9.17, 15) is 9.59 Å². The van der Waals surface area contributed by atoms with Crippen molar-refractivity contribution in [1.29, 1.82) is 0 Å². The second kappa shape index (κ2) is 6.72. The fourth-order valence-electron chi connectivity index (χ4n) is 1.48. The Hall–Kier alpha value is -1.11. The first kappa shape index (κ1) is 14.9. The predicted molar refractivity (Wildman–Crippen MR) is 77.3 cm³/mol. The number of amides is 1. The maximum atomic E-state index is 12.0. The highest BCUT2D eigenvalue weighted by atomic mass is 127. The van der Waals surface area contributed by atoms with Crippen LogP contribution in [0.2, 0.25) is 0 Å². The van der Waals surface area contributed by atoms with Crippen LogP contribution in [0.3, 0.4) is 0 Å². The van der Waals surface area contributed by atoms with Crippen molar-refractivity contribution in [3.63, 3.8) is 0 Å². The van der Waals surface area contributed by atoms with Gasteiger partial charge in [-0.1, -0.05) is 19.9 Å². The van der Waals surface area contributed by atoms with Crippen molar-refractivity contribution in [1.82, 2.24) is 5.32 Å². The van der Waals surface area contributed by atoms with Crippen LogP contribution in [-0.4, -0.2) is 25.0 Å². The molecule has 1 N–H and O–H groups in total. The van der Waals surface area contributed by atoms with E-state index in [2.05, 4.69) is 32.6 Å². The highest BCUT2D eigenvalue weighted by molar-refractivity contribution is 14.1. The van der Waals surface area contributed by atoms with Crippen molar-refractivity contribution in [2.45, 2.75) is 19.9 Å². The molecule has 1 rings (SSSR count). The molecule has 0 spiro atoms. The van der Waals surface area contributed by atoms with E-state index >= 15 is 0 Å². The normalized spacial score (nSPS) is 12.1. The van der Waals surface area contributed by atoms with E-state index in [1.807, 2.05) is 19.9 Å². The van der Waals surface area contributed by atoms with Crippen LogP contribution < -0.4 is 5.32 Å². The number of hydrogen-bond acceptors (Lipinski definition) is 3. The van der Waals surface area contributed by atoms with E-state index in [-0.39, 0.29) is 11.8 Å². The largest absolute Gasteiger partial charge is 0.467 e. The van der Waals surface area contributed by atoms with Gasteiger partial charge >= 0.3 is 5.97 Å². The molecule has 1 atom stereocenters. The van der Waals surface area contributed by atoms with Crippen molar-refractivity contribution in [3.8, 4) is 0 Å². The number of carbonyl (C=O) groups excluding carboxylic acids is 2. The lowest BCUT2D eigenvalue weighted by atomic mass is 10.0. The average Bonchev–Trinajstić information content (AvgIpc) is 2.34. The van der Waals surface area contributed by atoms with Crippen molar-refractivity contribution in [3.05, 3.63) is 33.4 Å². The smallest absolute Gasteiger partial charge is 0.328 e. The van der Waals surface area contributed by atoms with E-state index < -0.39 is 12.0 Å². The molecule has 0 saturated carbocycles. The Balaban J connectivity index is 2.82. The molecule has 98 valence electrons. The zero-order valence-corrected chi connectivity index (χ0v) is 12.7. The number of rotatable bonds is 4. The summed E-state index contributed by atoms with van der Waals surface area (Å²) in [5.41, 5.74) is 0.538. The van der Waals surface area contributed by atoms with Gasteiger partial charge in [-0.3, -0.25) is 4.79 Å². The topological polar surface area (TPSA) is 55.4 Å². The third-order valence-electron chi connectivity index (χ3n) is 2.50. The van der Waals surface area contributed by atoms with Gasteiger partial charge in [0, 0.05) is 9.13 Å². The Kier molecular flexibility index (Phi) is 5.58. The van der Waals surface area contributed by atoms with Gasteiger partial charge in [-0.25, -0.2) is 4.79 Å². The average molecular weight is 361 g/mol. The summed E-state index contributed by atoms with van der Waals surface area (Å²) in [5.74, 6) is -0.717. The minimum absolute atomic E-state index is 0.0239. The summed E-state index contributed by atoms with van der Waals surface area (Å²) < 4.78 is 5.65. The predicted octanol–water partition coefficient (Wildman–Crippen LogP) is 2.22. The third-order valence-corrected chi connectivity index (χ3v) is 3.17. The first-order valence-corrected chi connectivity index (χ1v) is 6.68. The maximum Gasteiger partial charge on any atom is 0.328 e. The van der Waals surface area contributed by atoms with Gasteiger partial charge < -0.3 is 10.1 Å². The quantitative estimate of drug-likeness (QED) is 0.661. The van der Waals surface area contributed by atoms with Crippen molar-refractivity contribution < 1.29 is 14.3 Å². The van der Waals surface area contributed by atoms with E-state index in [0.717, 1.165) is 3.57 Å². The number of nitrogens with one attached hydrogen (secondary N) is 1. The fraction of sp³-hybridized carbons (Fsp3) is 0.385. The lowest BCUT2D eigenvalue weighted by Gasteiger charge is -2.19. The van der Waals surface area contributed by atoms with Crippen LogP contribution in [-0.2, 0) is 9.53 Å². The molecule has 0 aliphatic rings. The lowest BCUT2D eigenvalue weighted by molar-refractivity contribution is -0.144. The molecular weight excluding hydrogens is 345 g/mol. The molecule has 18 heavy (non-hydrogen) atoms. The Morgan fingerprint density at radius 3 is 2.50 bits per heavy atom. The highest BCUT2D eigenvalue weighted by Gasteiger charge is 2.25. The van der Waals surface area contributed by atoms with Crippen molar-refractivity contribution >= 4 is 34.5 Å².